The zero-order valence-electron chi connectivity index (χ0n) is 31.6. The molecule has 0 aromatic heterocycles. The third-order valence-corrected chi connectivity index (χ3v) is 10.8. The second kappa shape index (κ2) is 23.7. The van der Waals surface area contributed by atoms with Gasteiger partial charge in [0.1, 0.15) is 0 Å². The average Bonchev–Trinajstić information content (AvgIpc) is 2.98. The van der Waals surface area contributed by atoms with Gasteiger partial charge in [-0.05, 0) is 55.3 Å². The Bertz CT molecular complexity index is 896. The smallest absolute Gasteiger partial charge is 0.207 e. The van der Waals surface area contributed by atoms with Gasteiger partial charge in [0, 0.05) is 11.1 Å². The fourth-order valence-corrected chi connectivity index (χ4v) is 7.35. The van der Waals surface area contributed by atoms with Gasteiger partial charge in [0.2, 0.25) is 11.5 Å². The van der Waals surface area contributed by atoms with Gasteiger partial charge in [-0.25, -0.2) is 0 Å². The van der Waals surface area contributed by atoms with Gasteiger partial charge < -0.3 is 19.7 Å². The number of hydrogen-bond donors (Lipinski definition) is 2. The second-order valence-corrected chi connectivity index (χ2v) is 15.5. The third kappa shape index (κ3) is 16.7. The number of methoxy groups -OCH3 is 2. The number of phenols is 2. The zero-order valence-corrected chi connectivity index (χ0v) is 31.6. The summed E-state index contributed by atoms with van der Waals surface area (Å²) >= 11 is 0. The third-order valence-electron chi connectivity index (χ3n) is 10.8. The highest BCUT2D eigenvalue weighted by Crippen LogP contribution is 2.48. The number of phenolic OH excluding ortho intramolecular Hbond substituents is 2. The highest BCUT2D eigenvalue weighted by molar-refractivity contribution is 5.65. The molecule has 0 amide bonds. The number of aromatic hydroxyl groups is 2. The van der Waals surface area contributed by atoms with Gasteiger partial charge in [-0.3, -0.25) is 0 Å². The molecular formula is C41H76O4. The minimum Gasteiger partial charge on any atom is -0.504 e. The zero-order chi connectivity index (χ0) is 33.8. The molecule has 1 aromatic carbocycles. The van der Waals surface area contributed by atoms with E-state index in [4.69, 9.17) is 9.47 Å². The Balaban J connectivity index is 2.15. The molecule has 0 aliphatic heterocycles. The summed E-state index contributed by atoms with van der Waals surface area (Å²) in [4.78, 5) is 0. The molecule has 0 saturated carbocycles. The lowest BCUT2D eigenvalue weighted by Gasteiger charge is -2.19. The van der Waals surface area contributed by atoms with Crippen molar-refractivity contribution in [1.29, 1.82) is 0 Å². The van der Waals surface area contributed by atoms with E-state index in [9.17, 15) is 10.2 Å². The monoisotopic (exact) mass is 633 g/mol. The van der Waals surface area contributed by atoms with Gasteiger partial charge in [0.25, 0.3) is 0 Å². The van der Waals surface area contributed by atoms with Gasteiger partial charge in [-0.1, -0.05) is 158 Å². The Hall–Kier alpha value is -1.58. The molecule has 264 valence electrons. The van der Waals surface area contributed by atoms with Gasteiger partial charge in [0.05, 0.1) is 14.2 Å². The maximum absolute atomic E-state index is 10.7. The van der Waals surface area contributed by atoms with E-state index in [2.05, 4.69) is 48.5 Å². The van der Waals surface area contributed by atoms with Crippen molar-refractivity contribution in [2.24, 2.45) is 35.5 Å². The lowest BCUT2D eigenvalue weighted by atomic mass is 9.88. The van der Waals surface area contributed by atoms with Crippen LogP contribution in [0.4, 0.5) is 0 Å². The maximum Gasteiger partial charge on any atom is 0.207 e. The summed E-state index contributed by atoms with van der Waals surface area (Å²) in [5, 5.41) is 21.3. The molecule has 2 N–H and O–H groups in total. The van der Waals surface area contributed by atoms with E-state index in [1.807, 2.05) is 6.92 Å². The van der Waals surface area contributed by atoms with Crippen LogP contribution < -0.4 is 9.47 Å². The predicted molar refractivity (Wildman–Crippen MR) is 195 cm³/mol. The molecule has 0 saturated heterocycles. The minimum absolute atomic E-state index is 0.0568. The van der Waals surface area contributed by atoms with Crippen molar-refractivity contribution < 1.29 is 19.7 Å². The summed E-state index contributed by atoms with van der Waals surface area (Å²) in [6.45, 7) is 18.7. The van der Waals surface area contributed by atoms with Crippen LogP contribution in [0, 0.1) is 42.4 Å². The summed E-state index contributed by atoms with van der Waals surface area (Å²) in [6.07, 6.45) is 25.0. The first-order chi connectivity index (χ1) is 21.4. The second-order valence-electron chi connectivity index (χ2n) is 15.5. The van der Waals surface area contributed by atoms with Crippen molar-refractivity contribution in [3.8, 4) is 23.0 Å². The first-order valence-electron chi connectivity index (χ1n) is 19.1. The van der Waals surface area contributed by atoms with Crippen LogP contribution in [0.5, 0.6) is 23.0 Å². The van der Waals surface area contributed by atoms with Crippen molar-refractivity contribution in [2.45, 2.75) is 177 Å². The standard InChI is InChI=1S/C41H76O4/c1-11-17-30(2)18-12-19-31(3)20-13-21-32(4)22-14-23-33(5)24-15-25-34(6)26-16-27-35(7)28-29-37-36(8)38(42)40(44-9)41(45-10)39(37)43/h30-35,42-43H,11-29H2,1-10H3. The Morgan fingerprint density at radius 2 is 0.756 bits per heavy atom. The van der Waals surface area contributed by atoms with Crippen molar-refractivity contribution in [1.82, 2.24) is 0 Å². The molecule has 0 aliphatic carbocycles. The van der Waals surface area contributed by atoms with E-state index in [1.54, 1.807) is 0 Å². The molecule has 4 heteroatoms. The normalized spacial score (nSPS) is 15.8. The van der Waals surface area contributed by atoms with Crippen LogP contribution in [0.2, 0.25) is 0 Å². The molecule has 45 heavy (non-hydrogen) atoms. The highest BCUT2D eigenvalue weighted by atomic mass is 16.5. The topological polar surface area (TPSA) is 58.9 Å². The van der Waals surface area contributed by atoms with E-state index in [0.29, 0.717) is 11.5 Å². The molecule has 6 unspecified atom stereocenters. The quantitative estimate of drug-likeness (QED) is 0.0947. The molecule has 0 spiro atoms. The lowest BCUT2D eigenvalue weighted by molar-refractivity contribution is 0.313. The molecule has 0 bridgehead atoms. The van der Waals surface area contributed by atoms with E-state index in [1.165, 1.54) is 123 Å². The summed E-state index contributed by atoms with van der Waals surface area (Å²) in [6, 6.07) is 0. The van der Waals surface area contributed by atoms with Crippen LogP contribution >= 0.6 is 0 Å². The van der Waals surface area contributed by atoms with E-state index < -0.39 is 0 Å². The molecule has 1 aromatic rings. The Kier molecular flexibility index (Phi) is 21.8. The SMILES string of the molecule is CCCC(C)CCCC(C)CCCC(C)CCCC(C)CCCC(C)CCCC(C)CCc1c(C)c(O)c(OC)c(OC)c1O. The van der Waals surface area contributed by atoms with Crippen LogP contribution in [0.1, 0.15) is 175 Å². The van der Waals surface area contributed by atoms with E-state index in [-0.39, 0.29) is 23.0 Å². The van der Waals surface area contributed by atoms with Crippen LogP contribution in [0.25, 0.3) is 0 Å². The first kappa shape index (κ1) is 41.4. The molecule has 0 radical (unpaired) electrons. The van der Waals surface area contributed by atoms with Gasteiger partial charge in [-0.15, -0.1) is 0 Å². The maximum atomic E-state index is 10.7. The number of hydrogen-bond acceptors (Lipinski definition) is 4. The van der Waals surface area contributed by atoms with Crippen LogP contribution in [-0.2, 0) is 6.42 Å². The van der Waals surface area contributed by atoms with Crippen LogP contribution in [0.3, 0.4) is 0 Å². The predicted octanol–water partition coefficient (Wildman–Crippen LogP) is 12.8. The number of benzene rings is 1. The fraction of sp³-hybridized carbons (Fsp3) is 0.854. The van der Waals surface area contributed by atoms with E-state index in [0.717, 1.165) is 48.0 Å². The van der Waals surface area contributed by atoms with Gasteiger partial charge >= 0.3 is 0 Å². The molecule has 0 aliphatic rings. The molecule has 0 heterocycles. The summed E-state index contributed by atoms with van der Waals surface area (Å²) in [7, 11) is 2.96. The molecule has 6 atom stereocenters. The largest absolute Gasteiger partial charge is 0.504 e. The average molecular weight is 633 g/mol. The molecular weight excluding hydrogens is 556 g/mol. The summed E-state index contributed by atoms with van der Waals surface area (Å²) in [5.74, 6) is 5.49. The molecule has 4 nitrogen and oxygen atoms in total. The summed E-state index contributed by atoms with van der Waals surface area (Å²) in [5.41, 5.74) is 1.44. The molecule has 0 fully saturated rings. The number of ether oxygens (including phenoxy) is 2. The van der Waals surface area contributed by atoms with Gasteiger partial charge in [0.15, 0.2) is 11.5 Å². The fourth-order valence-electron chi connectivity index (χ4n) is 7.35. The Morgan fingerprint density at radius 3 is 1.07 bits per heavy atom. The Morgan fingerprint density at radius 1 is 0.467 bits per heavy atom. The lowest BCUT2D eigenvalue weighted by Crippen LogP contribution is -2.04. The van der Waals surface area contributed by atoms with Crippen molar-refractivity contribution in [2.75, 3.05) is 14.2 Å². The van der Waals surface area contributed by atoms with Crippen LogP contribution in [0.15, 0.2) is 0 Å². The highest BCUT2D eigenvalue weighted by Gasteiger charge is 2.23. The van der Waals surface area contributed by atoms with Crippen molar-refractivity contribution in [3.63, 3.8) is 0 Å². The Labute approximate surface area is 280 Å². The van der Waals surface area contributed by atoms with E-state index >= 15 is 0 Å². The van der Waals surface area contributed by atoms with Crippen molar-refractivity contribution >= 4 is 0 Å². The first-order valence-corrected chi connectivity index (χ1v) is 19.1. The number of rotatable bonds is 27. The van der Waals surface area contributed by atoms with Gasteiger partial charge in [-0.2, -0.15) is 0 Å². The minimum atomic E-state index is 0.0568. The summed E-state index contributed by atoms with van der Waals surface area (Å²) < 4.78 is 10.6. The molecule has 1 rings (SSSR count). The van der Waals surface area contributed by atoms with Crippen LogP contribution in [-0.4, -0.2) is 24.4 Å². The van der Waals surface area contributed by atoms with Crippen molar-refractivity contribution in [3.05, 3.63) is 11.1 Å².